The van der Waals surface area contributed by atoms with Crippen LogP contribution in [0.3, 0.4) is 0 Å². The lowest BCUT2D eigenvalue weighted by Gasteiger charge is -2.66. The van der Waals surface area contributed by atoms with Crippen molar-refractivity contribution in [1.29, 1.82) is 0 Å². The molecule has 46 heavy (non-hydrogen) atoms. The molecule has 0 aromatic rings. The molecular weight excluding hydrogens is 588 g/mol. The lowest BCUT2D eigenvalue weighted by atomic mass is 9.41. The molecule has 3 aliphatic heterocycles. The number of aliphatic hydroxyl groups excluding tert-OH is 2. The highest BCUT2D eigenvalue weighted by Gasteiger charge is 2.71. The van der Waals surface area contributed by atoms with Crippen molar-refractivity contribution in [3.63, 3.8) is 0 Å². The highest BCUT2D eigenvalue weighted by atomic mass is 16.7. The summed E-state index contributed by atoms with van der Waals surface area (Å²) in [5.74, 6) is -0.0415. The summed E-state index contributed by atoms with van der Waals surface area (Å²) in [6.45, 7) is 8.19. The molecule has 10 heteroatoms. The van der Waals surface area contributed by atoms with Gasteiger partial charge in [-0.3, -0.25) is 4.99 Å². The number of piperidine rings is 1. The van der Waals surface area contributed by atoms with Gasteiger partial charge in [0.05, 0.1) is 36.1 Å². The fourth-order valence-corrected chi connectivity index (χ4v) is 11.4. The second kappa shape index (κ2) is 12.5. The van der Waals surface area contributed by atoms with Gasteiger partial charge in [0.15, 0.2) is 6.29 Å². The number of esters is 1. The van der Waals surface area contributed by atoms with Gasteiger partial charge in [-0.15, -0.1) is 0 Å². The first-order chi connectivity index (χ1) is 22.0. The maximum absolute atomic E-state index is 12.8. The summed E-state index contributed by atoms with van der Waals surface area (Å²) in [5, 5.41) is 46.0. The van der Waals surface area contributed by atoms with Crippen molar-refractivity contribution in [2.24, 2.45) is 33.6 Å². The topological polar surface area (TPSA) is 141 Å². The lowest BCUT2D eigenvalue weighted by molar-refractivity contribution is -0.282. The van der Waals surface area contributed by atoms with Crippen molar-refractivity contribution in [3.8, 4) is 0 Å². The van der Waals surface area contributed by atoms with Gasteiger partial charge >= 0.3 is 5.97 Å². The van der Waals surface area contributed by atoms with Crippen molar-refractivity contribution in [3.05, 3.63) is 11.6 Å². The normalized spacial score (nSPS) is 49.7. The highest BCUT2D eigenvalue weighted by molar-refractivity contribution is 5.85. The zero-order valence-corrected chi connectivity index (χ0v) is 27.8. The molecule has 4 saturated carbocycles. The predicted octanol–water partition coefficient (Wildman–Crippen LogP) is 3.14. The van der Waals surface area contributed by atoms with E-state index >= 15 is 0 Å². The van der Waals surface area contributed by atoms with Gasteiger partial charge in [0, 0.05) is 42.5 Å². The molecule has 6 fully saturated rings. The minimum absolute atomic E-state index is 0.0281. The molecule has 0 radical (unpaired) electrons. The Bertz CT molecular complexity index is 1190. The van der Waals surface area contributed by atoms with Crippen LogP contribution in [0, 0.1) is 28.6 Å². The number of ether oxygens (including phenoxy) is 3. The van der Waals surface area contributed by atoms with E-state index in [0.29, 0.717) is 38.8 Å². The minimum atomic E-state index is -1.04. The lowest BCUT2D eigenvalue weighted by Crippen LogP contribution is -2.69. The molecule has 7 aliphatic rings. The van der Waals surface area contributed by atoms with Crippen LogP contribution in [0.5, 0.6) is 0 Å². The molecule has 9 unspecified atom stereocenters. The van der Waals surface area contributed by atoms with Crippen LogP contribution in [0.2, 0.25) is 0 Å². The van der Waals surface area contributed by atoms with Crippen molar-refractivity contribution in [2.75, 3.05) is 32.8 Å². The van der Waals surface area contributed by atoms with E-state index in [9.17, 15) is 25.2 Å². The van der Waals surface area contributed by atoms with Gasteiger partial charge in [-0.25, -0.2) is 4.79 Å². The quantitative estimate of drug-likeness (QED) is 0.187. The summed E-state index contributed by atoms with van der Waals surface area (Å²) in [6, 6.07) is 0. The Balaban J connectivity index is 1.14. The number of likely N-dealkylation sites (tertiary alicyclic amines) is 1. The van der Waals surface area contributed by atoms with E-state index in [2.05, 4.69) is 18.0 Å². The van der Waals surface area contributed by atoms with E-state index in [1.807, 2.05) is 0 Å². The first-order valence-corrected chi connectivity index (χ1v) is 18.2. The smallest absolute Gasteiger partial charge is 0.331 e. The van der Waals surface area contributed by atoms with Crippen LogP contribution in [0.25, 0.3) is 0 Å². The number of hydrogen-bond acceptors (Lipinski definition) is 10. The van der Waals surface area contributed by atoms with E-state index in [1.165, 1.54) is 19.3 Å². The Kier molecular flexibility index (Phi) is 8.99. The number of aliphatic hydroxyl groups is 4. The van der Waals surface area contributed by atoms with Crippen LogP contribution in [0.1, 0.15) is 97.3 Å². The largest absolute Gasteiger partial charge is 0.458 e. The summed E-state index contributed by atoms with van der Waals surface area (Å²) < 4.78 is 17.6. The predicted molar refractivity (Wildman–Crippen MR) is 171 cm³/mol. The van der Waals surface area contributed by atoms with Gasteiger partial charge in [-0.05, 0) is 108 Å². The fraction of sp³-hybridized carbons (Fsp3) is 0.889. The molecule has 12 atom stereocenters. The SMILES string of the molecule is CC1OC(OC2CC[C@]3(C=NCCN4CCCCC4)[C@H]4CC[C@]5(C)C(C6=CC(=O)OC6)CCC5(O)C4CCC3(O)C2)CC(O)C1O. The van der Waals surface area contributed by atoms with E-state index in [1.54, 1.807) is 13.0 Å². The molecule has 7 rings (SSSR count). The van der Waals surface area contributed by atoms with Crippen LogP contribution in [-0.4, -0.2) is 112 Å². The molecule has 0 aromatic carbocycles. The summed E-state index contributed by atoms with van der Waals surface area (Å²) in [5.41, 5.74) is -1.83. The van der Waals surface area contributed by atoms with Gasteiger partial charge < -0.3 is 39.5 Å². The molecule has 2 saturated heterocycles. The van der Waals surface area contributed by atoms with Gasteiger partial charge in [-0.1, -0.05) is 13.3 Å². The summed E-state index contributed by atoms with van der Waals surface area (Å²) in [4.78, 5) is 19.6. The van der Waals surface area contributed by atoms with E-state index in [-0.39, 0.29) is 41.7 Å². The molecule has 0 amide bonds. The number of aliphatic imine (C=N–C) groups is 1. The van der Waals surface area contributed by atoms with Crippen molar-refractivity contribution >= 4 is 12.2 Å². The average molecular weight is 645 g/mol. The Morgan fingerprint density at radius 2 is 1.83 bits per heavy atom. The number of fused-ring (bicyclic) bond motifs is 5. The van der Waals surface area contributed by atoms with E-state index in [4.69, 9.17) is 19.2 Å². The first kappa shape index (κ1) is 33.1. The van der Waals surface area contributed by atoms with Crippen LogP contribution in [-0.2, 0) is 19.0 Å². The number of rotatable bonds is 7. The van der Waals surface area contributed by atoms with Crippen molar-refractivity contribution in [2.45, 2.75) is 139 Å². The third kappa shape index (κ3) is 5.42. The van der Waals surface area contributed by atoms with Crippen molar-refractivity contribution in [1.82, 2.24) is 4.90 Å². The van der Waals surface area contributed by atoms with Gasteiger partial charge in [0.1, 0.15) is 12.7 Å². The fourth-order valence-electron chi connectivity index (χ4n) is 11.4. The maximum atomic E-state index is 12.8. The van der Waals surface area contributed by atoms with Gasteiger partial charge in [0.2, 0.25) is 0 Å². The van der Waals surface area contributed by atoms with Crippen LogP contribution in [0.15, 0.2) is 16.6 Å². The van der Waals surface area contributed by atoms with Crippen LogP contribution < -0.4 is 0 Å². The number of carbonyl (C=O) groups is 1. The van der Waals surface area contributed by atoms with Gasteiger partial charge in [0.25, 0.3) is 0 Å². The summed E-state index contributed by atoms with van der Waals surface area (Å²) in [7, 11) is 0. The summed E-state index contributed by atoms with van der Waals surface area (Å²) >= 11 is 0. The number of carbonyl (C=O) groups excluding carboxylic acids is 1. The van der Waals surface area contributed by atoms with Crippen molar-refractivity contribution < 1.29 is 39.4 Å². The molecule has 4 N–H and O–H groups in total. The molecule has 0 spiro atoms. The molecular formula is C36H56N2O8. The Hall–Kier alpha value is -1.40. The molecule has 258 valence electrons. The Morgan fingerprint density at radius 1 is 1.04 bits per heavy atom. The second-order valence-electron chi connectivity index (χ2n) is 16.1. The first-order valence-electron chi connectivity index (χ1n) is 18.2. The third-order valence-electron chi connectivity index (χ3n) is 14.0. The van der Waals surface area contributed by atoms with E-state index in [0.717, 1.165) is 57.3 Å². The Labute approximate surface area is 273 Å². The second-order valence-corrected chi connectivity index (χ2v) is 16.1. The Morgan fingerprint density at radius 3 is 2.57 bits per heavy atom. The zero-order valence-electron chi connectivity index (χ0n) is 27.8. The third-order valence-corrected chi connectivity index (χ3v) is 14.0. The summed E-state index contributed by atoms with van der Waals surface area (Å²) in [6.07, 6.45) is 11.0. The number of cyclic esters (lactones) is 1. The minimum Gasteiger partial charge on any atom is -0.458 e. The number of hydrogen-bond donors (Lipinski definition) is 4. The van der Waals surface area contributed by atoms with Gasteiger partial charge in [-0.2, -0.15) is 0 Å². The molecule has 3 heterocycles. The maximum Gasteiger partial charge on any atom is 0.331 e. The zero-order chi connectivity index (χ0) is 32.3. The molecule has 0 bridgehead atoms. The molecule has 4 aliphatic carbocycles. The van der Waals surface area contributed by atoms with Crippen LogP contribution >= 0.6 is 0 Å². The molecule has 0 aromatic heterocycles. The average Bonchev–Trinajstić information content (AvgIpc) is 3.58. The monoisotopic (exact) mass is 644 g/mol. The van der Waals surface area contributed by atoms with Crippen LogP contribution in [0.4, 0.5) is 0 Å². The van der Waals surface area contributed by atoms with E-state index < -0.39 is 41.2 Å². The highest BCUT2D eigenvalue weighted by Crippen LogP contribution is 2.70. The standard InChI is InChI=1S/C36H56N2O8/c1-23-32(41)29(39)19-31(45-23)46-25-6-11-34(22-37-14-17-38-15-4-3-5-16-38)27-7-10-33(2)26(24-18-30(40)44-21-24)9-13-36(33,43)28(27)8-12-35(34,42)20-25/h18,22-23,25-29,31-32,39,41-43H,3-17,19-21H2,1-2H3/t23?,25?,26?,27-,28?,29?,31?,32?,33+,34-,35?,36?/m0/s1. The number of nitrogens with zero attached hydrogens (tertiary/aromatic N) is 2. The molecule has 10 nitrogen and oxygen atoms in total.